The van der Waals surface area contributed by atoms with Crippen LogP contribution in [-0.2, 0) is 13.1 Å². The minimum absolute atomic E-state index is 0.166. The van der Waals surface area contributed by atoms with E-state index in [9.17, 15) is 4.39 Å². The summed E-state index contributed by atoms with van der Waals surface area (Å²) in [6.07, 6.45) is 3.18. The number of thiophene rings is 1. The summed E-state index contributed by atoms with van der Waals surface area (Å²) < 4.78 is 19.9. The van der Waals surface area contributed by atoms with Crippen molar-refractivity contribution >= 4 is 17.3 Å². The Morgan fingerprint density at radius 1 is 1.21 bits per heavy atom. The van der Waals surface area contributed by atoms with Gasteiger partial charge in [-0.1, -0.05) is 6.07 Å². The molecule has 5 nitrogen and oxygen atoms in total. The molecule has 0 unspecified atom stereocenters. The van der Waals surface area contributed by atoms with E-state index < -0.39 is 5.82 Å². The van der Waals surface area contributed by atoms with Gasteiger partial charge in [0, 0.05) is 22.5 Å². The first-order chi connectivity index (χ1) is 13.6. The molecule has 0 aliphatic carbocycles. The summed E-state index contributed by atoms with van der Waals surface area (Å²) in [5, 5.41) is 6.51. The molecule has 0 saturated carbocycles. The third-order valence-electron chi connectivity index (χ3n) is 3.85. The van der Waals surface area contributed by atoms with Gasteiger partial charge >= 0.3 is 0 Å². The average Bonchev–Trinajstić information content (AvgIpc) is 3.12. The van der Waals surface area contributed by atoms with Crippen LogP contribution in [0.5, 0.6) is 11.5 Å². The van der Waals surface area contributed by atoms with Crippen LogP contribution in [0.4, 0.5) is 4.39 Å². The van der Waals surface area contributed by atoms with Gasteiger partial charge in [-0.25, -0.2) is 9.38 Å². The highest BCUT2D eigenvalue weighted by molar-refractivity contribution is 7.11. The van der Waals surface area contributed by atoms with Crippen LogP contribution in [0.15, 0.2) is 59.9 Å². The van der Waals surface area contributed by atoms with Crippen LogP contribution in [0.2, 0.25) is 0 Å². The number of aliphatic imine (C=N–C) groups is 1. The maximum atomic E-state index is 14.4. The number of hydrogen-bond donors (Lipinski definition) is 2. The second-order valence-corrected chi connectivity index (χ2v) is 7.49. The highest BCUT2D eigenvalue weighted by atomic mass is 32.1. The van der Waals surface area contributed by atoms with Crippen molar-refractivity contribution in [1.82, 2.24) is 15.6 Å². The van der Waals surface area contributed by atoms with Crippen molar-refractivity contribution in [3.05, 3.63) is 76.0 Å². The molecule has 0 saturated heterocycles. The molecule has 2 aromatic heterocycles. The second kappa shape index (κ2) is 9.85. The lowest BCUT2D eigenvalue weighted by atomic mass is 10.2. The number of ether oxygens (including phenoxy) is 1. The molecular formula is C21H23FN4OS. The van der Waals surface area contributed by atoms with E-state index in [1.165, 1.54) is 15.8 Å². The van der Waals surface area contributed by atoms with Gasteiger partial charge in [0.05, 0.1) is 19.3 Å². The molecule has 28 heavy (non-hydrogen) atoms. The maximum Gasteiger partial charge on any atom is 0.191 e. The Morgan fingerprint density at radius 3 is 2.79 bits per heavy atom. The topological polar surface area (TPSA) is 58.5 Å². The van der Waals surface area contributed by atoms with E-state index in [4.69, 9.17) is 4.74 Å². The number of aromatic nitrogens is 1. The third-order valence-corrected chi connectivity index (χ3v) is 4.85. The molecule has 3 aromatic rings. The van der Waals surface area contributed by atoms with E-state index in [-0.39, 0.29) is 5.75 Å². The molecule has 0 atom stereocenters. The quantitative estimate of drug-likeness (QED) is 0.450. The molecule has 0 radical (unpaired) electrons. The van der Waals surface area contributed by atoms with Crippen molar-refractivity contribution in [2.75, 3.05) is 6.54 Å². The smallest absolute Gasteiger partial charge is 0.191 e. The van der Waals surface area contributed by atoms with Gasteiger partial charge in [0.15, 0.2) is 17.5 Å². The summed E-state index contributed by atoms with van der Waals surface area (Å²) in [4.78, 5) is 11.0. The fraction of sp³-hybridized carbons (Fsp3) is 0.238. The number of benzene rings is 1. The first-order valence-electron chi connectivity index (χ1n) is 9.08. The number of nitrogens with one attached hydrogen (secondary N) is 2. The lowest BCUT2D eigenvalue weighted by Crippen LogP contribution is -2.36. The van der Waals surface area contributed by atoms with E-state index in [0.29, 0.717) is 24.8 Å². The van der Waals surface area contributed by atoms with E-state index in [2.05, 4.69) is 39.7 Å². The normalized spacial score (nSPS) is 11.3. The number of hydrogen-bond acceptors (Lipinski definition) is 4. The zero-order chi connectivity index (χ0) is 19.8. The first kappa shape index (κ1) is 19.8. The van der Waals surface area contributed by atoms with E-state index >= 15 is 0 Å². The van der Waals surface area contributed by atoms with Crippen LogP contribution < -0.4 is 15.4 Å². The average molecular weight is 399 g/mol. The van der Waals surface area contributed by atoms with Gasteiger partial charge < -0.3 is 15.4 Å². The van der Waals surface area contributed by atoms with Gasteiger partial charge in [0.25, 0.3) is 0 Å². The summed E-state index contributed by atoms with van der Waals surface area (Å²) in [7, 11) is 0. The number of pyridine rings is 1. The molecule has 1 aromatic carbocycles. The third kappa shape index (κ3) is 5.79. The number of nitrogens with zero attached hydrogens (tertiary/aromatic N) is 2. The van der Waals surface area contributed by atoms with Gasteiger partial charge in [-0.2, -0.15) is 0 Å². The zero-order valence-corrected chi connectivity index (χ0v) is 16.7. The summed E-state index contributed by atoms with van der Waals surface area (Å²) in [6.45, 7) is 5.92. The Labute approximate surface area is 168 Å². The second-order valence-electron chi connectivity index (χ2n) is 6.12. The van der Waals surface area contributed by atoms with E-state index in [1.54, 1.807) is 41.9 Å². The Morgan fingerprint density at radius 2 is 2.11 bits per heavy atom. The first-order valence-corrected chi connectivity index (χ1v) is 9.89. The number of aryl methyl sites for hydroxylation is 1. The fourth-order valence-corrected chi connectivity index (χ4v) is 3.35. The van der Waals surface area contributed by atoms with Crippen LogP contribution in [0.3, 0.4) is 0 Å². The minimum Gasteiger partial charge on any atom is -0.453 e. The molecule has 0 amide bonds. The number of rotatable bonds is 7. The van der Waals surface area contributed by atoms with Crippen molar-refractivity contribution in [3.8, 4) is 11.5 Å². The maximum absolute atomic E-state index is 14.4. The van der Waals surface area contributed by atoms with Gasteiger partial charge in [0.2, 0.25) is 0 Å². The highest BCUT2D eigenvalue weighted by Gasteiger charge is 2.07. The summed E-state index contributed by atoms with van der Waals surface area (Å²) in [5.41, 5.74) is 0.764. The standard InChI is InChI=1S/C21H23FN4OS/c1-3-24-21(26-14-18-8-6-15(2)28-18)25-12-16-7-9-20(19(22)11-16)27-17-5-4-10-23-13-17/h4-11,13H,3,12,14H2,1-2H3,(H2,24,25,26). The van der Waals surface area contributed by atoms with Crippen molar-refractivity contribution in [2.45, 2.75) is 26.9 Å². The lowest BCUT2D eigenvalue weighted by molar-refractivity contribution is 0.440. The van der Waals surface area contributed by atoms with Gasteiger partial charge in [-0.3, -0.25) is 4.98 Å². The van der Waals surface area contributed by atoms with Crippen LogP contribution in [0, 0.1) is 12.7 Å². The Hall–Kier alpha value is -2.93. The van der Waals surface area contributed by atoms with Crippen LogP contribution in [-0.4, -0.2) is 17.5 Å². The van der Waals surface area contributed by atoms with E-state index in [0.717, 1.165) is 12.1 Å². The molecule has 0 aliphatic heterocycles. The van der Waals surface area contributed by atoms with Crippen molar-refractivity contribution in [3.63, 3.8) is 0 Å². The van der Waals surface area contributed by atoms with Gasteiger partial charge in [0.1, 0.15) is 5.75 Å². The van der Waals surface area contributed by atoms with Gasteiger partial charge in [-0.15, -0.1) is 11.3 Å². The largest absolute Gasteiger partial charge is 0.453 e. The Kier molecular flexibility index (Phi) is 6.97. The number of guanidine groups is 1. The molecule has 3 rings (SSSR count). The van der Waals surface area contributed by atoms with Crippen LogP contribution in [0.1, 0.15) is 22.2 Å². The molecule has 2 N–H and O–H groups in total. The molecule has 2 heterocycles. The molecule has 0 aliphatic rings. The molecular weight excluding hydrogens is 375 g/mol. The molecule has 146 valence electrons. The predicted molar refractivity (Wildman–Crippen MR) is 111 cm³/mol. The Bertz CT molecular complexity index is 927. The fourth-order valence-electron chi connectivity index (χ4n) is 2.52. The summed E-state index contributed by atoms with van der Waals surface area (Å²) in [6, 6.07) is 12.5. The SMILES string of the molecule is CCNC(=NCc1ccc(Oc2cccnc2)c(F)c1)NCc1ccc(C)s1. The summed E-state index contributed by atoms with van der Waals surface area (Å²) >= 11 is 1.75. The molecule has 0 spiro atoms. The highest BCUT2D eigenvalue weighted by Crippen LogP contribution is 2.24. The van der Waals surface area contributed by atoms with Crippen molar-refractivity contribution in [2.24, 2.45) is 4.99 Å². The van der Waals surface area contributed by atoms with Gasteiger partial charge in [-0.05, 0) is 55.8 Å². The zero-order valence-electron chi connectivity index (χ0n) is 15.9. The number of halogens is 1. The predicted octanol–water partition coefficient (Wildman–Crippen LogP) is 4.64. The van der Waals surface area contributed by atoms with E-state index in [1.807, 2.05) is 13.0 Å². The molecule has 7 heteroatoms. The summed E-state index contributed by atoms with van der Waals surface area (Å²) in [5.74, 6) is 0.932. The van der Waals surface area contributed by atoms with Crippen LogP contribution >= 0.6 is 11.3 Å². The Balaban J connectivity index is 1.62. The van der Waals surface area contributed by atoms with Crippen molar-refractivity contribution in [1.29, 1.82) is 0 Å². The van der Waals surface area contributed by atoms with Crippen LogP contribution in [0.25, 0.3) is 0 Å². The lowest BCUT2D eigenvalue weighted by Gasteiger charge is -2.11. The monoisotopic (exact) mass is 398 g/mol. The molecule has 0 bridgehead atoms. The van der Waals surface area contributed by atoms with Crippen molar-refractivity contribution < 1.29 is 9.13 Å². The minimum atomic E-state index is -0.427. The molecule has 0 fully saturated rings.